The van der Waals surface area contributed by atoms with Gasteiger partial charge in [-0.25, -0.2) is 8.42 Å². The molecule has 0 aromatic rings. The number of carbonyl (C=O) groups excluding carboxylic acids is 2. The van der Waals surface area contributed by atoms with Gasteiger partial charge in [0.05, 0.1) is 11.0 Å². The van der Waals surface area contributed by atoms with Crippen LogP contribution < -0.4 is 5.32 Å². The Bertz CT molecular complexity index is 487. The van der Waals surface area contributed by atoms with E-state index in [1.807, 2.05) is 6.92 Å². The second kappa shape index (κ2) is 6.11. The zero-order valence-corrected chi connectivity index (χ0v) is 13.4. The summed E-state index contributed by atoms with van der Waals surface area (Å²) in [6.45, 7) is 7.18. The summed E-state index contributed by atoms with van der Waals surface area (Å²) in [4.78, 5) is 25.6. The van der Waals surface area contributed by atoms with Crippen LogP contribution in [0.15, 0.2) is 0 Å². The highest BCUT2D eigenvalue weighted by Gasteiger charge is 2.39. The summed E-state index contributed by atoms with van der Waals surface area (Å²) < 4.78 is 23.7. The summed E-state index contributed by atoms with van der Waals surface area (Å²) in [5.74, 6) is -0.438. The van der Waals surface area contributed by atoms with Crippen molar-refractivity contribution < 1.29 is 18.0 Å². The zero-order chi connectivity index (χ0) is 15.6. The van der Waals surface area contributed by atoms with Crippen molar-refractivity contribution >= 4 is 21.7 Å². The molecule has 6 nitrogen and oxygen atoms in total. The number of rotatable bonds is 5. The van der Waals surface area contributed by atoms with Crippen LogP contribution in [0.5, 0.6) is 0 Å². The molecule has 1 unspecified atom stereocenters. The Hall–Kier alpha value is -1.11. The third-order valence-electron chi connectivity index (χ3n) is 3.85. The average Bonchev–Trinajstić information content (AvgIpc) is 2.47. The molecule has 0 saturated carbocycles. The van der Waals surface area contributed by atoms with Crippen LogP contribution in [0.4, 0.5) is 0 Å². The number of hydrogen-bond donors (Lipinski definition) is 1. The minimum atomic E-state index is -3.19. The third-order valence-corrected chi connectivity index (χ3v) is 6.04. The number of hydrogen-bond acceptors (Lipinski definition) is 4. The lowest BCUT2D eigenvalue weighted by molar-refractivity contribution is -0.138. The van der Waals surface area contributed by atoms with Crippen LogP contribution in [-0.4, -0.2) is 54.8 Å². The molecule has 0 spiro atoms. The van der Waals surface area contributed by atoms with Crippen molar-refractivity contribution in [1.82, 2.24) is 10.2 Å². The highest BCUT2D eigenvalue weighted by Crippen LogP contribution is 2.17. The van der Waals surface area contributed by atoms with E-state index in [4.69, 9.17) is 0 Å². The fraction of sp³-hybridized carbons (Fsp3) is 0.846. The van der Waals surface area contributed by atoms with Crippen LogP contribution in [0, 0.1) is 0 Å². The van der Waals surface area contributed by atoms with Gasteiger partial charge in [0, 0.05) is 19.5 Å². The molecular formula is C13H24N2O4S. The van der Waals surface area contributed by atoms with Gasteiger partial charge in [-0.2, -0.15) is 0 Å². The maximum absolute atomic E-state index is 12.4. The fourth-order valence-electron chi connectivity index (χ4n) is 2.04. The standard InChI is InChI=1S/C13H24N2O4S/c1-5-13(4)12(17)15(7-6-11(16)14-13)8-9-20(18,19)10(2)3/h10H,5-9H2,1-4H3,(H,14,16). The predicted octanol–water partition coefficient (Wildman–Crippen LogP) is 0.327. The van der Waals surface area contributed by atoms with Crippen molar-refractivity contribution in [3.63, 3.8) is 0 Å². The van der Waals surface area contributed by atoms with E-state index in [0.717, 1.165) is 0 Å². The first-order valence-corrected chi connectivity index (χ1v) is 8.66. The molecule has 2 amide bonds. The van der Waals surface area contributed by atoms with E-state index in [1.165, 1.54) is 4.90 Å². The summed E-state index contributed by atoms with van der Waals surface area (Å²) in [6, 6.07) is 0. The molecule has 1 aliphatic heterocycles. The quantitative estimate of drug-likeness (QED) is 0.793. The SMILES string of the molecule is CCC1(C)NC(=O)CCN(CCS(=O)(=O)C(C)C)C1=O. The Balaban J connectivity index is 2.84. The summed E-state index contributed by atoms with van der Waals surface area (Å²) in [5.41, 5.74) is -0.935. The molecule has 1 aliphatic rings. The second-order valence-electron chi connectivity index (χ2n) is 5.69. The van der Waals surface area contributed by atoms with Crippen molar-refractivity contribution in [1.29, 1.82) is 0 Å². The molecule has 7 heteroatoms. The zero-order valence-electron chi connectivity index (χ0n) is 12.6. The van der Waals surface area contributed by atoms with Crippen molar-refractivity contribution in [2.24, 2.45) is 0 Å². The summed E-state index contributed by atoms with van der Waals surface area (Å²) in [5, 5.41) is 2.27. The maximum atomic E-state index is 12.4. The van der Waals surface area contributed by atoms with E-state index in [9.17, 15) is 18.0 Å². The van der Waals surface area contributed by atoms with E-state index in [2.05, 4.69) is 5.32 Å². The van der Waals surface area contributed by atoms with Crippen LogP contribution in [0.25, 0.3) is 0 Å². The van der Waals surface area contributed by atoms with Crippen molar-refractivity contribution in [2.75, 3.05) is 18.8 Å². The molecule has 0 aromatic carbocycles. The third kappa shape index (κ3) is 3.71. The maximum Gasteiger partial charge on any atom is 0.248 e. The van der Waals surface area contributed by atoms with Crippen LogP contribution >= 0.6 is 0 Å². The monoisotopic (exact) mass is 304 g/mol. The van der Waals surface area contributed by atoms with Gasteiger partial charge in [-0.3, -0.25) is 9.59 Å². The smallest absolute Gasteiger partial charge is 0.248 e. The highest BCUT2D eigenvalue weighted by molar-refractivity contribution is 7.92. The van der Waals surface area contributed by atoms with Crippen LogP contribution in [0.2, 0.25) is 0 Å². The number of sulfone groups is 1. The molecule has 0 bridgehead atoms. The number of nitrogens with one attached hydrogen (secondary N) is 1. The van der Waals surface area contributed by atoms with Gasteiger partial charge in [-0.05, 0) is 27.2 Å². The first-order valence-electron chi connectivity index (χ1n) is 6.94. The lowest BCUT2D eigenvalue weighted by Crippen LogP contribution is -2.55. The minimum Gasteiger partial charge on any atom is -0.342 e. The normalized spacial score (nSPS) is 24.8. The first-order chi connectivity index (χ1) is 9.12. The summed E-state index contributed by atoms with van der Waals surface area (Å²) in [6.07, 6.45) is 0.689. The average molecular weight is 304 g/mol. The van der Waals surface area contributed by atoms with Crippen molar-refractivity contribution in [3.05, 3.63) is 0 Å². The Kier molecular flexibility index (Phi) is 5.18. The number of carbonyl (C=O) groups is 2. The molecule has 1 fully saturated rings. The Morgan fingerprint density at radius 3 is 2.45 bits per heavy atom. The summed E-state index contributed by atoms with van der Waals surface area (Å²) >= 11 is 0. The predicted molar refractivity (Wildman–Crippen MR) is 77.0 cm³/mol. The van der Waals surface area contributed by atoms with Crippen LogP contribution in [0.3, 0.4) is 0 Å². The van der Waals surface area contributed by atoms with E-state index >= 15 is 0 Å². The molecule has 1 rings (SSSR count). The number of nitrogens with zero attached hydrogens (tertiary/aromatic N) is 1. The lowest BCUT2D eigenvalue weighted by atomic mass is 9.97. The van der Waals surface area contributed by atoms with Gasteiger partial charge in [-0.1, -0.05) is 6.92 Å². The number of amides is 2. The first kappa shape index (κ1) is 16.9. The van der Waals surface area contributed by atoms with Gasteiger partial charge in [-0.15, -0.1) is 0 Å². The molecule has 1 atom stereocenters. The van der Waals surface area contributed by atoms with E-state index in [-0.39, 0.29) is 37.1 Å². The molecule has 0 aliphatic carbocycles. The lowest BCUT2D eigenvalue weighted by Gasteiger charge is -2.31. The molecule has 1 heterocycles. The molecule has 1 saturated heterocycles. The van der Waals surface area contributed by atoms with Crippen LogP contribution in [-0.2, 0) is 19.4 Å². The van der Waals surface area contributed by atoms with Gasteiger partial charge in [0.15, 0.2) is 9.84 Å². The van der Waals surface area contributed by atoms with Gasteiger partial charge in [0.2, 0.25) is 11.8 Å². The summed E-state index contributed by atoms with van der Waals surface area (Å²) in [7, 11) is -3.19. The van der Waals surface area contributed by atoms with E-state index < -0.39 is 20.6 Å². The molecule has 1 N–H and O–H groups in total. The van der Waals surface area contributed by atoms with Gasteiger partial charge in [0.1, 0.15) is 5.54 Å². The molecule has 0 aromatic heterocycles. The molecule has 20 heavy (non-hydrogen) atoms. The second-order valence-corrected chi connectivity index (χ2v) is 8.37. The van der Waals surface area contributed by atoms with Crippen molar-refractivity contribution in [2.45, 2.75) is 51.3 Å². The topological polar surface area (TPSA) is 83.6 Å². The van der Waals surface area contributed by atoms with Gasteiger partial charge < -0.3 is 10.2 Å². The van der Waals surface area contributed by atoms with Crippen molar-refractivity contribution in [3.8, 4) is 0 Å². The van der Waals surface area contributed by atoms with E-state index in [1.54, 1.807) is 20.8 Å². The Morgan fingerprint density at radius 1 is 1.35 bits per heavy atom. The van der Waals surface area contributed by atoms with Gasteiger partial charge in [0.25, 0.3) is 0 Å². The Labute approximate surface area is 120 Å². The van der Waals surface area contributed by atoms with Crippen LogP contribution in [0.1, 0.15) is 40.5 Å². The largest absolute Gasteiger partial charge is 0.342 e. The minimum absolute atomic E-state index is 0.0651. The molecule has 116 valence electrons. The van der Waals surface area contributed by atoms with Gasteiger partial charge >= 0.3 is 0 Å². The molecular weight excluding hydrogens is 280 g/mol. The highest BCUT2D eigenvalue weighted by atomic mass is 32.2. The molecule has 0 radical (unpaired) electrons. The Morgan fingerprint density at radius 2 is 1.95 bits per heavy atom. The van der Waals surface area contributed by atoms with E-state index in [0.29, 0.717) is 6.42 Å². The fourth-order valence-corrected chi connectivity index (χ4v) is 2.98.